The van der Waals surface area contributed by atoms with Gasteiger partial charge in [-0.2, -0.15) is 0 Å². The maximum Gasteiger partial charge on any atom is 0.236 e. The van der Waals surface area contributed by atoms with Crippen molar-refractivity contribution in [3.63, 3.8) is 0 Å². The van der Waals surface area contributed by atoms with Gasteiger partial charge in [-0.3, -0.25) is 4.72 Å². The van der Waals surface area contributed by atoms with Crippen molar-refractivity contribution in [3.05, 3.63) is 18.0 Å². The highest BCUT2D eigenvalue weighted by Gasteiger charge is 2.04. The highest BCUT2D eigenvalue weighted by molar-refractivity contribution is 7.91. The van der Waals surface area contributed by atoms with Gasteiger partial charge in [0.2, 0.25) is 16.0 Å². The van der Waals surface area contributed by atoms with Crippen LogP contribution < -0.4 is 4.72 Å². The second kappa shape index (κ2) is 4.34. The summed E-state index contributed by atoms with van der Waals surface area (Å²) in [5.74, 6) is 0.0575. The lowest BCUT2D eigenvalue weighted by Crippen LogP contribution is -2.12. The highest BCUT2D eigenvalue weighted by Crippen LogP contribution is 2.02. The number of rotatable bonds is 4. The first-order valence-corrected chi connectivity index (χ1v) is 5.69. The molecular formula is C7H11N3O3S. The van der Waals surface area contributed by atoms with Gasteiger partial charge in [0.25, 0.3) is 0 Å². The largest absolute Gasteiger partial charge is 0.378 e. The molecule has 0 bridgehead atoms. The Bertz CT molecular complexity index is 404. The van der Waals surface area contributed by atoms with Crippen LogP contribution in [0.3, 0.4) is 0 Å². The first-order valence-electron chi connectivity index (χ1n) is 3.80. The molecule has 0 atom stereocenters. The number of sulfonamides is 1. The van der Waals surface area contributed by atoms with E-state index in [0.29, 0.717) is 12.3 Å². The summed E-state index contributed by atoms with van der Waals surface area (Å²) < 4.78 is 28.7. The van der Waals surface area contributed by atoms with E-state index in [1.807, 2.05) is 0 Å². The number of anilines is 1. The van der Waals surface area contributed by atoms with E-state index in [1.54, 1.807) is 6.07 Å². The van der Waals surface area contributed by atoms with Crippen LogP contribution in [-0.4, -0.2) is 31.8 Å². The van der Waals surface area contributed by atoms with Crippen molar-refractivity contribution in [3.8, 4) is 0 Å². The fourth-order valence-electron chi connectivity index (χ4n) is 0.839. The summed E-state index contributed by atoms with van der Waals surface area (Å²) in [4.78, 5) is 7.67. The van der Waals surface area contributed by atoms with Crippen LogP contribution >= 0.6 is 0 Å². The number of nitrogens with zero attached hydrogens (tertiary/aromatic N) is 2. The fraction of sp³-hybridized carbons (Fsp3) is 0.429. The highest BCUT2D eigenvalue weighted by atomic mass is 32.2. The van der Waals surface area contributed by atoms with Crippen molar-refractivity contribution in [2.75, 3.05) is 18.1 Å². The first kappa shape index (κ1) is 10.9. The van der Waals surface area contributed by atoms with Gasteiger partial charge in [0.05, 0.1) is 18.6 Å². The number of hydrogen-bond donors (Lipinski definition) is 1. The number of methoxy groups -OCH3 is 1. The SMILES string of the molecule is COCc1ccnc(NS(C)(=O)=O)n1. The molecule has 0 aromatic carbocycles. The molecule has 6 nitrogen and oxygen atoms in total. The molecule has 1 rings (SSSR count). The predicted octanol–water partition coefficient (Wildman–Crippen LogP) is -0.00550. The van der Waals surface area contributed by atoms with Crippen LogP contribution in [0, 0.1) is 0 Å². The third-order valence-corrected chi connectivity index (χ3v) is 1.84. The minimum atomic E-state index is -3.32. The van der Waals surface area contributed by atoms with Crippen molar-refractivity contribution in [2.45, 2.75) is 6.61 Å². The quantitative estimate of drug-likeness (QED) is 0.767. The summed E-state index contributed by atoms with van der Waals surface area (Å²) in [5, 5.41) is 0. The van der Waals surface area contributed by atoms with E-state index < -0.39 is 10.0 Å². The Morgan fingerprint density at radius 3 is 2.86 bits per heavy atom. The first-order chi connectivity index (χ1) is 6.51. The molecule has 0 unspecified atom stereocenters. The Balaban J connectivity index is 2.83. The summed E-state index contributed by atoms with van der Waals surface area (Å²) >= 11 is 0. The molecule has 0 amide bonds. The maximum atomic E-state index is 10.8. The van der Waals surface area contributed by atoms with Crippen LogP contribution in [0.4, 0.5) is 5.95 Å². The lowest BCUT2D eigenvalue weighted by Gasteiger charge is -2.03. The Kier molecular flexibility index (Phi) is 3.37. The van der Waals surface area contributed by atoms with Gasteiger partial charge in [-0.15, -0.1) is 0 Å². The molecule has 0 aliphatic rings. The van der Waals surface area contributed by atoms with Crippen molar-refractivity contribution < 1.29 is 13.2 Å². The van der Waals surface area contributed by atoms with Crippen LogP contribution in [0.25, 0.3) is 0 Å². The third-order valence-electron chi connectivity index (χ3n) is 1.28. The van der Waals surface area contributed by atoms with Crippen molar-refractivity contribution in [1.82, 2.24) is 9.97 Å². The standard InChI is InChI=1S/C7H11N3O3S/c1-13-5-6-3-4-8-7(9-6)10-14(2,11)12/h3-4H,5H2,1-2H3,(H,8,9,10). The molecule has 0 fully saturated rings. The number of aromatic nitrogens is 2. The van der Waals surface area contributed by atoms with Gasteiger partial charge in [-0.05, 0) is 6.07 Å². The van der Waals surface area contributed by atoms with E-state index in [0.717, 1.165) is 6.26 Å². The molecule has 7 heteroatoms. The fourth-order valence-corrected chi connectivity index (χ4v) is 1.27. The second-order valence-corrected chi connectivity index (χ2v) is 4.43. The Morgan fingerprint density at radius 2 is 2.29 bits per heavy atom. The molecule has 0 saturated carbocycles. The van der Waals surface area contributed by atoms with Crippen LogP contribution in [0.1, 0.15) is 5.69 Å². The molecule has 0 saturated heterocycles. The van der Waals surface area contributed by atoms with E-state index in [4.69, 9.17) is 4.74 Å². The topological polar surface area (TPSA) is 81.2 Å². The van der Waals surface area contributed by atoms with Gasteiger partial charge in [0, 0.05) is 13.3 Å². The molecule has 1 N–H and O–H groups in total. The monoisotopic (exact) mass is 217 g/mol. The Labute approximate surface area is 82.4 Å². The van der Waals surface area contributed by atoms with Gasteiger partial charge >= 0.3 is 0 Å². The summed E-state index contributed by atoms with van der Waals surface area (Å²) in [5.41, 5.74) is 0.619. The maximum absolute atomic E-state index is 10.8. The van der Waals surface area contributed by atoms with Gasteiger partial charge in [-0.25, -0.2) is 18.4 Å². The van der Waals surface area contributed by atoms with Gasteiger partial charge in [-0.1, -0.05) is 0 Å². The average Bonchev–Trinajstić information content (AvgIpc) is 2.02. The molecule has 0 aliphatic carbocycles. The number of hydrogen-bond acceptors (Lipinski definition) is 5. The van der Waals surface area contributed by atoms with Crippen LogP contribution in [0.5, 0.6) is 0 Å². The van der Waals surface area contributed by atoms with E-state index >= 15 is 0 Å². The minimum absolute atomic E-state index is 0.0575. The molecule has 1 aromatic heterocycles. The van der Waals surface area contributed by atoms with Crippen LogP contribution in [-0.2, 0) is 21.4 Å². The van der Waals surface area contributed by atoms with Gasteiger partial charge in [0.15, 0.2) is 0 Å². The van der Waals surface area contributed by atoms with E-state index in [1.165, 1.54) is 13.3 Å². The average molecular weight is 217 g/mol. The van der Waals surface area contributed by atoms with Crippen molar-refractivity contribution in [1.29, 1.82) is 0 Å². The normalized spacial score (nSPS) is 11.3. The zero-order chi connectivity index (χ0) is 10.6. The Morgan fingerprint density at radius 1 is 1.57 bits per heavy atom. The summed E-state index contributed by atoms with van der Waals surface area (Å²) in [6.07, 6.45) is 2.51. The van der Waals surface area contributed by atoms with Crippen LogP contribution in [0.15, 0.2) is 12.3 Å². The molecule has 0 radical (unpaired) electrons. The molecule has 0 aliphatic heterocycles. The smallest absolute Gasteiger partial charge is 0.236 e. The molecule has 0 spiro atoms. The van der Waals surface area contributed by atoms with E-state index in [2.05, 4.69) is 14.7 Å². The van der Waals surface area contributed by atoms with Crippen LogP contribution in [0.2, 0.25) is 0 Å². The molecule has 78 valence electrons. The summed E-state index contributed by atoms with van der Waals surface area (Å²) in [6, 6.07) is 1.65. The molecular weight excluding hydrogens is 206 g/mol. The lowest BCUT2D eigenvalue weighted by molar-refractivity contribution is 0.181. The minimum Gasteiger partial charge on any atom is -0.378 e. The zero-order valence-electron chi connectivity index (χ0n) is 7.89. The van der Waals surface area contributed by atoms with E-state index in [-0.39, 0.29) is 5.95 Å². The molecule has 1 heterocycles. The summed E-state index contributed by atoms with van der Waals surface area (Å²) in [6.45, 7) is 0.320. The molecule has 14 heavy (non-hydrogen) atoms. The third kappa shape index (κ3) is 3.67. The van der Waals surface area contributed by atoms with Gasteiger partial charge < -0.3 is 4.74 Å². The van der Waals surface area contributed by atoms with Crippen molar-refractivity contribution >= 4 is 16.0 Å². The van der Waals surface area contributed by atoms with Crippen molar-refractivity contribution in [2.24, 2.45) is 0 Å². The summed E-state index contributed by atoms with van der Waals surface area (Å²) in [7, 11) is -1.79. The van der Waals surface area contributed by atoms with Gasteiger partial charge in [0.1, 0.15) is 0 Å². The Hall–Kier alpha value is -1.21. The number of ether oxygens (including phenoxy) is 1. The predicted molar refractivity (Wildman–Crippen MR) is 51.2 cm³/mol. The lowest BCUT2D eigenvalue weighted by atomic mass is 10.4. The number of nitrogens with one attached hydrogen (secondary N) is 1. The second-order valence-electron chi connectivity index (χ2n) is 2.68. The molecule has 1 aromatic rings. The van der Waals surface area contributed by atoms with E-state index in [9.17, 15) is 8.42 Å². The zero-order valence-corrected chi connectivity index (χ0v) is 8.71.